The number of piperidine rings is 1. The van der Waals surface area contributed by atoms with Crippen molar-refractivity contribution in [2.24, 2.45) is 7.05 Å². The van der Waals surface area contributed by atoms with Gasteiger partial charge < -0.3 is 10.2 Å². The predicted octanol–water partition coefficient (Wildman–Crippen LogP) is 1.28. The van der Waals surface area contributed by atoms with Crippen molar-refractivity contribution in [1.82, 2.24) is 19.7 Å². The first kappa shape index (κ1) is 15.9. The molecular weight excluding hydrogens is 320 g/mol. The molecule has 8 nitrogen and oxygen atoms in total. The number of aromatic nitrogens is 4. The quantitative estimate of drug-likeness (QED) is 0.857. The number of hydrogen-bond acceptors (Lipinski definition) is 5. The number of anilines is 2. The van der Waals surface area contributed by atoms with Crippen molar-refractivity contribution in [1.29, 1.82) is 0 Å². The van der Waals surface area contributed by atoms with Crippen molar-refractivity contribution < 1.29 is 4.79 Å². The van der Waals surface area contributed by atoms with Crippen molar-refractivity contribution >= 4 is 17.7 Å². The molecule has 1 amide bonds. The van der Waals surface area contributed by atoms with E-state index in [9.17, 15) is 9.59 Å². The van der Waals surface area contributed by atoms with Gasteiger partial charge in [-0.15, -0.1) is 0 Å². The van der Waals surface area contributed by atoms with E-state index >= 15 is 0 Å². The molecule has 0 saturated carbocycles. The minimum atomic E-state index is -0.316. The third kappa shape index (κ3) is 2.71. The molecule has 4 rings (SSSR count). The van der Waals surface area contributed by atoms with E-state index in [4.69, 9.17) is 0 Å². The molecule has 2 aromatic heterocycles. The fraction of sp³-hybridized carbons (Fsp3) is 0.529. The van der Waals surface area contributed by atoms with Crippen LogP contribution < -0.4 is 15.8 Å². The van der Waals surface area contributed by atoms with Gasteiger partial charge in [0.15, 0.2) is 0 Å². The smallest absolute Gasteiger partial charge is 0.258 e. The van der Waals surface area contributed by atoms with Gasteiger partial charge in [-0.1, -0.05) is 0 Å². The molecule has 2 aliphatic rings. The van der Waals surface area contributed by atoms with Gasteiger partial charge in [-0.05, 0) is 26.2 Å². The lowest BCUT2D eigenvalue weighted by Gasteiger charge is -2.29. The molecule has 2 aromatic rings. The third-order valence-corrected chi connectivity index (χ3v) is 5.24. The van der Waals surface area contributed by atoms with Crippen molar-refractivity contribution in [3.05, 3.63) is 33.4 Å². The molecule has 2 N–H and O–H groups in total. The fourth-order valence-corrected chi connectivity index (χ4v) is 3.74. The van der Waals surface area contributed by atoms with Crippen LogP contribution >= 0.6 is 0 Å². The fourth-order valence-electron chi connectivity index (χ4n) is 3.74. The standard InChI is InChI=1S/C17H22N6O2/c1-10-12(9-18-22(10)2)11-8-13(24)19-15-14(11)16(25)21-17(20-15)23-6-4-3-5-7-23/h9,11H,3-8H2,1-2H3,(H2,19,20,21,24,25)/t11-/m0/s1. The van der Waals surface area contributed by atoms with Crippen LogP contribution in [0.3, 0.4) is 0 Å². The number of carbonyl (C=O) groups excluding carboxylic acids is 1. The lowest BCUT2D eigenvalue weighted by molar-refractivity contribution is -0.116. The van der Waals surface area contributed by atoms with Gasteiger partial charge in [-0.25, -0.2) is 0 Å². The molecule has 1 fully saturated rings. The maximum atomic E-state index is 12.8. The van der Waals surface area contributed by atoms with Crippen LogP contribution in [0.4, 0.5) is 11.8 Å². The van der Waals surface area contributed by atoms with Crippen LogP contribution in [0, 0.1) is 6.92 Å². The van der Waals surface area contributed by atoms with Gasteiger partial charge in [-0.2, -0.15) is 10.1 Å². The summed E-state index contributed by atoms with van der Waals surface area (Å²) in [6, 6.07) is 0. The second-order valence-corrected chi connectivity index (χ2v) is 6.81. The summed E-state index contributed by atoms with van der Waals surface area (Å²) in [4.78, 5) is 34.6. The summed E-state index contributed by atoms with van der Waals surface area (Å²) < 4.78 is 1.76. The lowest BCUT2D eigenvalue weighted by Crippen LogP contribution is -2.36. The molecule has 132 valence electrons. The van der Waals surface area contributed by atoms with E-state index in [0.29, 0.717) is 17.3 Å². The average molecular weight is 342 g/mol. The van der Waals surface area contributed by atoms with Crippen molar-refractivity contribution in [3.63, 3.8) is 0 Å². The zero-order valence-electron chi connectivity index (χ0n) is 14.5. The molecule has 2 aliphatic heterocycles. The second kappa shape index (κ2) is 6.02. The predicted molar refractivity (Wildman–Crippen MR) is 94.0 cm³/mol. The highest BCUT2D eigenvalue weighted by molar-refractivity contribution is 5.94. The van der Waals surface area contributed by atoms with E-state index < -0.39 is 0 Å². The van der Waals surface area contributed by atoms with Crippen molar-refractivity contribution in [2.45, 2.75) is 38.5 Å². The normalized spacial score (nSPS) is 20.3. The molecule has 0 unspecified atom stereocenters. The number of H-pyrrole nitrogens is 1. The maximum Gasteiger partial charge on any atom is 0.258 e. The molecule has 0 aliphatic carbocycles. The zero-order valence-corrected chi connectivity index (χ0v) is 14.5. The van der Waals surface area contributed by atoms with Gasteiger partial charge in [-0.3, -0.25) is 19.3 Å². The van der Waals surface area contributed by atoms with Crippen LogP contribution in [0.25, 0.3) is 0 Å². The van der Waals surface area contributed by atoms with E-state index in [1.807, 2.05) is 14.0 Å². The van der Waals surface area contributed by atoms with Crippen LogP contribution in [0.15, 0.2) is 11.0 Å². The van der Waals surface area contributed by atoms with Crippen molar-refractivity contribution in [2.75, 3.05) is 23.3 Å². The molecule has 0 spiro atoms. The number of hydrogen-bond donors (Lipinski definition) is 2. The van der Waals surface area contributed by atoms with E-state index in [1.165, 1.54) is 6.42 Å². The number of carbonyl (C=O) groups is 1. The Morgan fingerprint density at radius 3 is 2.64 bits per heavy atom. The molecule has 0 aromatic carbocycles. The molecule has 0 radical (unpaired) electrons. The molecule has 4 heterocycles. The number of rotatable bonds is 2. The Balaban J connectivity index is 1.80. The Hall–Kier alpha value is -2.64. The summed E-state index contributed by atoms with van der Waals surface area (Å²) in [5, 5.41) is 7.04. The minimum Gasteiger partial charge on any atom is -0.342 e. The summed E-state index contributed by atoms with van der Waals surface area (Å²) in [6.45, 7) is 3.69. The topological polar surface area (TPSA) is 95.9 Å². The molecule has 1 atom stereocenters. The summed E-state index contributed by atoms with van der Waals surface area (Å²) in [5.74, 6) is 0.494. The first-order valence-electron chi connectivity index (χ1n) is 8.72. The lowest BCUT2D eigenvalue weighted by atomic mass is 9.87. The van der Waals surface area contributed by atoms with Crippen molar-refractivity contribution in [3.8, 4) is 0 Å². The minimum absolute atomic E-state index is 0.122. The summed E-state index contributed by atoms with van der Waals surface area (Å²) in [6.07, 6.45) is 5.34. The van der Waals surface area contributed by atoms with Crippen LogP contribution in [-0.4, -0.2) is 38.7 Å². The number of aryl methyl sites for hydroxylation is 1. The van der Waals surface area contributed by atoms with Crippen LogP contribution in [0.2, 0.25) is 0 Å². The Kier molecular flexibility index (Phi) is 3.82. The maximum absolute atomic E-state index is 12.8. The molecule has 8 heteroatoms. The van der Waals surface area contributed by atoms with E-state index in [-0.39, 0.29) is 23.8 Å². The SMILES string of the molecule is Cc1c([C@@H]2CC(=O)Nc3nc(N4CCCCC4)[nH]c(=O)c32)cnn1C. The third-order valence-electron chi connectivity index (χ3n) is 5.24. The highest BCUT2D eigenvalue weighted by atomic mass is 16.2. The van der Waals surface area contributed by atoms with Gasteiger partial charge in [0.25, 0.3) is 5.56 Å². The highest BCUT2D eigenvalue weighted by Gasteiger charge is 2.33. The van der Waals surface area contributed by atoms with Crippen LogP contribution in [-0.2, 0) is 11.8 Å². The Morgan fingerprint density at radius 2 is 1.96 bits per heavy atom. The van der Waals surface area contributed by atoms with E-state index in [2.05, 4.69) is 25.3 Å². The second-order valence-electron chi connectivity index (χ2n) is 6.81. The van der Waals surface area contributed by atoms with Gasteiger partial charge in [0, 0.05) is 43.7 Å². The van der Waals surface area contributed by atoms with E-state index in [1.54, 1.807) is 10.9 Å². The highest BCUT2D eigenvalue weighted by Crippen LogP contribution is 2.35. The van der Waals surface area contributed by atoms with E-state index in [0.717, 1.165) is 37.2 Å². The van der Waals surface area contributed by atoms with Crippen LogP contribution in [0.1, 0.15) is 48.4 Å². The Labute approximate surface area is 145 Å². The number of nitrogens with zero attached hydrogens (tertiary/aromatic N) is 4. The molecule has 1 saturated heterocycles. The molecule has 25 heavy (non-hydrogen) atoms. The zero-order chi connectivity index (χ0) is 17.6. The Morgan fingerprint density at radius 1 is 1.20 bits per heavy atom. The number of fused-ring (bicyclic) bond motifs is 1. The largest absolute Gasteiger partial charge is 0.342 e. The number of amides is 1. The summed E-state index contributed by atoms with van der Waals surface area (Å²) >= 11 is 0. The monoisotopic (exact) mass is 342 g/mol. The first-order chi connectivity index (χ1) is 12.0. The van der Waals surface area contributed by atoms with Gasteiger partial charge in [0.1, 0.15) is 5.82 Å². The number of aromatic amines is 1. The van der Waals surface area contributed by atoms with Gasteiger partial charge in [0.2, 0.25) is 11.9 Å². The number of nitrogens with one attached hydrogen (secondary N) is 2. The molecular formula is C17H22N6O2. The van der Waals surface area contributed by atoms with Gasteiger partial charge >= 0.3 is 0 Å². The summed E-state index contributed by atoms with van der Waals surface area (Å²) in [5.41, 5.74) is 2.19. The summed E-state index contributed by atoms with van der Waals surface area (Å²) in [7, 11) is 1.85. The molecule has 0 bridgehead atoms. The van der Waals surface area contributed by atoms with Gasteiger partial charge in [0.05, 0.1) is 11.8 Å². The van der Waals surface area contributed by atoms with Crippen LogP contribution in [0.5, 0.6) is 0 Å². The first-order valence-corrected chi connectivity index (χ1v) is 8.72. The Bertz CT molecular complexity index is 878. The average Bonchev–Trinajstić information content (AvgIpc) is 2.93.